The maximum Gasteiger partial charge on any atom is 0.224 e. The van der Waals surface area contributed by atoms with Gasteiger partial charge in [0, 0.05) is 12.6 Å². The molecule has 0 saturated carbocycles. The molecule has 96 valence electrons. The van der Waals surface area contributed by atoms with Crippen LogP contribution in [-0.2, 0) is 0 Å². The van der Waals surface area contributed by atoms with Crippen LogP contribution in [0, 0.1) is 5.82 Å². The molecule has 0 bridgehead atoms. The molecule has 5 heteroatoms. The molecule has 1 rings (SSSR count). The molecule has 0 radical (unpaired) electrons. The van der Waals surface area contributed by atoms with Gasteiger partial charge in [0.25, 0.3) is 0 Å². The van der Waals surface area contributed by atoms with Crippen molar-refractivity contribution in [3.63, 3.8) is 0 Å². The van der Waals surface area contributed by atoms with Crippen molar-refractivity contribution in [3.8, 4) is 0 Å². The summed E-state index contributed by atoms with van der Waals surface area (Å²) >= 11 is 0. The lowest BCUT2D eigenvalue weighted by molar-refractivity contribution is 0.600. The Bertz CT molecular complexity index is 343. The van der Waals surface area contributed by atoms with E-state index in [2.05, 4.69) is 27.5 Å². The summed E-state index contributed by atoms with van der Waals surface area (Å²) in [5.41, 5.74) is 0. The molecular formula is C12H21FN4. The van der Waals surface area contributed by atoms with Crippen molar-refractivity contribution in [2.24, 2.45) is 0 Å². The van der Waals surface area contributed by atoms with Crippen LogP contribution in [0.3, 0.4) is 0 Å². The molecule has 2 N–H and O–H groups in total. The molecule has 0 aromatic carbocycles. The molecule has 0 saturated heterocycles. The molecule has 4 nitrogen and oxygen atoms in total. The maximum absolute atomic E-state index is 13.5. The zero-order valence-electron chi connectivity index (χ0n) is 10.8. The number of unbranched alkanes of at least 4 members (excludes halogenated alkanes) is 1. The monoisotopic (exact) mass is 240 g/mol. The lowest BCUT2D eigenvalue weighted by atomic mass is 10.1. The Hall–Kier alpha value is -1.39. The van der Waals surface area contributed by atoms with Gasteiger partial charge in [-0.2, -0.15) is 4.98 Å². The minimum Gasteiger partial charge on any atom is -0.365 e. The van der Waals surface area contributed by atoms with E-state index in [1.54, 1.807) is 0 Å². The third kappa shape index (κ3) is 4.54. The van der Waals surface area contributed by atoms with E-state index < -0.39 is 5.82 Å². The van der Waals surface area contributed by atoms with E-state index in [4.69, 9.17) is 0 Å². The van der Waals surface area contributed by atoms with Crippen LogP contribution >= 0.6 is 0 Å². The third-order valence-electron chi connectivity index (χ3n) is 2.45. The SMILES string of the molecule is CCCCC(C)Nc1nc(NCC)ncc1F. The Balaban J connectivity index is 2.64. The van der Waals surface area contributed by atoms with Crippen LogP contribution in [0.4, 0.5) is 16.2 Å². The van der Waals surface area contributed by atoms with Crippen LogP contribution in [0.2, 0.25) is 0 Å². The van der Waals surface area contributed by atoms with Crippen molar-refractivity contribution in [3.05, 3.63) is 12.0 Å². The lowest BCUT2D eigenvalue weighted by Gasteiger charge is -2.15. The first-order valence-electron chi connectivity index (χ1n) is 6.20. The first-order chi connectivity index (χ1) is 8.17. The van der Waals surface area contributed by atoms with Gasteiger partial charge in [0.05, 0.1) is 6.20 Å². The van der Waals surface area contributed by atoms with Crippen LogP contribution in [0.15, 0.2) is 6.20 Å². The normalized spacial score (nSPS) is 12.2. The summed E-state index contributed by atoms with van der Waals surface area (Å²) in [5, 5.41) is 6.04. The molecule has 17 heavy (non-hydrogen) atoms. The van der Waals surface area contributed by atoms with Gasteiger partial charge in [0.15, 0.2) is 11.6 Å². The fraction of sp³-hybridized carbons (Fsp3) is 0.667. The summed E-state index contributed by atoms with van der Waals surface area (Å²) < 4.78 is 13.5. The molecule has 0 aliphatic rings. The van der Waals surface area contributed by atoms with Gasteiger partial charge in [-0.1, -0.05) is 19.8 Å². The minimum absolute atomic E-state index is 0.217. The molecule has 1 heterocycles. The fourth-order valence-corrected chi connectivity index (χ4v) is 1.53. The van der Waals surface area contributed by atoms with E-state index in [0.29, 0.717) is 5.95 Å². The van der Waals surface area contributed by atoms with E-state index in [1.165, 1.54) is 6.20 Å². The largest absolute Gasteiger partial charge is 0.365 e. The Morgan fingerprint density at radius 2 is 2.18 bits per heavy atom. The highest BCUT2D eigenvalue weighted by molar-refractivity contribution is 5.41. The number of aromatic nitrogens is 2. The summed E-state index contributed by atoms with van der Waals surface area (Å²) in [5.74, 6) is 0.327. The van der Waals surface area contributed by atoms with E-state index in [-0.39, 0.29) is 11.9 Å². The molecule has 0 amide bonds. The van der Waals surface area contributed by atoms with Gasteiger partial charge < -0.3 is 10.6 Å². The maximum atomic E-state index is 13.5. The van der Waals surface area contributed by atoms with Crippen molar-refractivity contribution in [1.82, 2.24) is 9.97 Å². The van der Waals surface area contributed by atoms with Crippen molar-refractivity contribution < 1.29 is 4.39 Å². The predicted octanol–water partition coefficient (Wildman–Crippen LogP) is 3.04. The first-order valence-corrected chi connectivity index (χ1v) is 6.20. The van der Waals surface area contributed by atoms with Crippen molar-refractivity contribution >= 4 is 11.8 Å². The molecule has 1 aromatic rings. The summed E-state index contributed by atoms with van der Waals surface area (Å²) in [6.45, 7) is 6.84. The molecular weight excluding hydrogens is 219 g/mol. The number of rotatable bonds is 7. The van der Waals surface area contributed by atoms with Crippen molar-refractivity contribution in [2.45, 2.75) is 46.1 Å². The number of hydrogen-bond donors (Lipinski definition) is 2. The average Bonchev–Trinajstić information content (AvgIpc) is 2.31. The molecule has 0 fully saturated rings. The fourth-order valence-electron chi connectivity index (χ4n) is 1.53. The second-order valence-electron chi connectivity index (χ2n) is 4.11. The van der Waals surface area contributed by atoms with Gasteiger partial charge in [-0.25, -0.2) is 9.37 Å². The summed E-state index contributed by atoms with van der Waals surface area (Å²) in [6, 6.07) is 0.217. The molecule has 1 atom stereocenters. The highest BCUT2D eigenvalue weighted by Crippen LogP contribution is 2.14. The zero-order valence-corrected chi connectivity index (χ0v) is 10.8. The standard InChI is InChI=1S/C12H21FN4/c1-4-6-7-9(3)16-11-10(13)8-15-12(17-11)14-5-2/h8-9H,4-7H2,1-3H3,(H2,14,15,16,17). The second-order valence-corrected chi connectivity index (χ2v) is 4.11. The number of hydrogen-bond acceptors (Lipinski definition) is 4. The second kappa shape index (κ2) is 7.04. The van der Waals surface area contributed by atoms with Crippen LogP contribution in [0.25, 0.3) is 0 Å². The predicted molar refractivity (Wildman–Crippen MR) is 68.8 cm³/mol. The highest BCUT2D eigenvalue weighted by atomic mass is 19.1. The number of halogens is 1. The first kappa shape index (κ1) is 13.7. The van der Waals surface area contributed by atoms with Crippen molar-refractivity contribution in [1.29, 1.82) is 0 Å². The van der Waals surface area contributed by atoms with Crippen LogP contribution < -0.4 is 10.6 Å². The van der Waals surface area contributed by atoms with Crippen LogP contribution in [0.1, 0.15) is 40.0 Å². The Labute approximate surface area is 102 Å². The zero-order chi connectivity index (χ0) is 12.7. The van der Waals surface area contributed by atoms with Gasteiger partial charge >= 0.3 is 0 Å². The lowest BCUT2D eigenvalue weighted by Crippen LogP contribution is -2.18. The van der Waals surface area contributed by atoms with Gasteiger partial charge in [-0.05, 0) is 20.3 Å². The van der Waals surface area contributed by atoms with Crippen molar-refractivity contribution in [2.75, 3.05) is 17.2 Å². The van der Waals surface area contributed by atoms with Crippen LogP contribution in [0.5, 0.6) is 0 Å². The molecule has 0 aliphatic heterocycles. The number of nitrogens with zero attached hydrogens (tertiary/aromatic N) is 2. The summed E-state index contributed by atoms with van der Waals surface area (Å²) in [6.07, 6.45) is 4.47. The van der Waals surface area contributed by atoms with Gasteiger partial charge in [-0.3, -0.25) is 0 Å². The van der Waals surface area contributed by atoms with Crippen LogP contribution in [-0.4, -0.2) is 22.6 Å². The topological polar surface area (TPSA) is 49.8 Å². The Kier molecular flexibility index (Phi) is 5.66. The smallest absolute Gasteiger partial charge is 0.224 e. The summed E-state index contributed by atoms with van der Waals surface area (Å²) in [4.78, 5) is 7.96. The molecule has 0 aliphatic carbocycles. The molecule has 1 unspecified atom stereocenters. The quantitative estimate of drug-likeness (QED) is 0.769. The highest BCUT2D eigenvalue weighted by Gasteiger charge is 2.09. The van der Waals surface area contributed by atoms with E-state index >= 15 is 0 Å². The molecule has 0 spiro atoms. The third-order valence-corrected chi connectivity index (χ3v) is 2.45. The van der Waals surface area contributed by atoms with Gasteiger partial charge in [0.1, 0.15) is 0 Å². The Morgan fingerprint density at radius 1 is 1.41 bits per heavy atom. The van der Waals surface area contributed by atoms with E-state index in [9.17, 15) is 4.39 Å². The Morgan fingerprint density at radius 3 is 2.82 bits per heavy atom. The minimum atomic E-state index is -0.407. The number of anilines is 2. The van der Waals surface area contributed by atoms with E-state index in [0.717, 1.165) is 25.8 Å². The summed E-state index contributed by atoms with van der Waals surface area (Å²) in [7, 11) is 0. The van der Waals surface area contributed by atoms with Gasteiger partial charge in [-0.15, -0.1) is 0 Å². The van der Waals surface area contributed by atoms with Gasteiger partial charge in [0.2, 0.25) is 5.95 Å². The van der Waals surface area contributed by atoms with E-state index in [1.807, 2.05) is 13.8 Å². The average molecular weight is 240 g/mol. The molecule has 1 aromatic heterocycles. The number of nitrogens with one attached hydrogen (secondary N) is 2.